The van der Waals surface area contributed by atoms with Gasteiger partial charge in [0, 0.05) is 6.04 Å². The van der Waals surface area contributed by atoms with Crippen molar-refractivity contribution in [2.45, 2.75) is 44.7 Å². The molecular weight excluding hydrogens is 498 g/mol. The molecule has 0 unspecified atom stereocenters. The number of rotatable bonds is 8. The van der Waals surface area contributed by atoms with Gasteiger partial charge in [-0.2, -0.15) is 21.6 Å². The minimum atomic E-state index is -4.68. The van der Waals surface area contributed by atoms with Crippen molar-refractivity contribution in [3.05, 3.63) is 77.0 Å². The SMILES string of the molecule is Cc1ccc(S(=O)(=O)N(c2ccc(C(F)(F)F)cc2OCc2ccc(C(=O)O)cc2)C(C)C)o1.[H-].[Na+]. The van der Waals surface area contributed by atoms with E-state index in [1.807, 2.05) is 0 Å². The van der Waals surface area contributed by atoms with Gasteiger partial charge in [-0.3, -0.25) is 4.31 Å². The average molecular weight is 521 g/mol. The second kappa shape index (κ2) is 11.1. The van der Waals surface area contributed by atoms with Gasteiger partial charge in [0.15, 0.2) is 0 Å². The van der Waals surface area contributed by atoms with Crippen molar-refractivity contribution in [3.63, 3.8) is 0 Å². The van der Waals surface area contributed by atoms with Crippen LogP contribution in [0.5, 0.6) is 5.75 Å². The molecule has 184 valence electrons. The number of aromatic carboxylic acids is 1. The Balaban J connectivity index is 0.00000324. The van der Waals surface area contributed by atoms with E-state index >= 15 is 0 Å². The first-order valence-corrected chi connectivity index (χ1v) is 11.5. The molecule has 12 heteroatoms. The van der Waals surface area contributed by atoms with Crippen LogP contribution >= 0.6 is 0 Å². The maximum Gasteiger partial charge on any atom is 1.00 e. The number of hydrogen-bond donors (Lipinski definition) is 1. The van der Waals surface area contributed by atoms with Gasteiger partial charge in [-0.05, 0) is 68.8 Å². The Labute approximate surface area is 224 Å². The van der Waals surface area contributed by atoms with Gasteiger partial charge in [0.05, 0.1) is 16.8 Å². The Hall–Kier alpha value is -2.47. The largest absolute Gasteiger partial charge is 1.00 e. The molecule has 0 amide bonds. The van der Waals surface area contributed by atoms with Crippen LogP contribution in [0.1, 0.15) is 42.5 Å². The number of carbonyl (C=O) groups is 1. The number of hydrogen-bond acceptors (Lipinski definition) is 5. The third kappa shape index (κ3) is 6.60. The summed E-state index contributed by atoms with van der Waals surface area (Å²) in [6.45, 7) is 4.49. The first kappa shape index (κ1) is 28.8. The van der Waals surface area contributed by atoms with Gasteiger partial charge in [0.25, 0.3) is 10.0 Å². The van der Waals surface area contributed by atoms with Crippen molar-refractivity contribution in [1.29, 1.82) is 0 Å². The number of ether oxygens (including phenoxy) is 1. The molecule has 1 aromatic heterocycles. The third-order valence-electron chi connectivity index (χ3n) is 4.82. The van der Waals surface area contributed by atoms with E-state index in [4.69, 9.17) is 14.3 Å². The summed E-state index contributed by atoms with van der Waals surface area (Å²) in [6.07, 6.45) is -4.68. The first-order valence-electron chi connectivity index (χ1n) is 10.1. The fraction of sp³-hybridized carbons (Fsp3) is 0.261. The van der Waals surface area contributed by atoms with E-state index in [9.17, 15) is 26.4 Å². The fourth-order valence-corrected chi connectivity index (χ4v) is 4.86. The number of benzene rings is 2. The number of carboxylic acid groups (broad SMARTS) is 1. The first-order chi connectivity index (χ1) is 15.8. The van der Waals surface area contributed by atoms with Gasteiger partial charge < -0.3 is 15.7 Å². The maximum absolute atomic E-state index is 13.4. The number of furan rings is 1. The number of nitrogens with zero attached hydrogens (tertiary/aromatic N) is 1. The Morgan fingerprint density at radius 3 is 2.23 bits per heavy atom. The van der Waals surface area contributed by atoms with Crippen LogP contribution in [0.15, 0.2) is 64.1 Å². The van der Waals surface area contributed by atoms with Crippen molar-refractivity contribution in [2.24, 2.45) is 0 Å². The number of anilines is 1. The summed E-state index contributed by atoms with van der Waals surface area (Å²) in [4.78, 5) is 11.0. The van der Waals surface area contributed by atoms with Crippen LogP contribution in [-0.4, -0.2) is 25.5 Å². The van der Waals surface area contributed by atoms with Crippen molar-refractivity contribution in [1.82, 2.24) is 0 Å². The molecule has 0 saturated heterocycles. The average Bonchev–Trinajstić information content (AvgIpc) is 3.19. The second-order valence-electron chi connectivity index (χ2n) is 7.73. The predicted molar refractivity (Wildman–Crippen MR) is 119 cm³/mol. The van der Waals surface area contributed by atoms with E-state index in [0.29, 0.717) is 11.3 Å². The van der Waals surface area contributed by atoms with E-state index in [1.54, 1.807) is 20.8 Å². The summed E-state index contributed by atoms with van der Waals surface area (Å²) < 4.78 is 78.6. The van der Waals surface area contributed by atoms with Crippen LogP contribution in [0.25, 0.3) is 0 Å². The quantitative estimate of drug-likeness (QED) is 0.458. The topological polar surface area (TPSA) is 97.0 Å². The van der Waals surface area contributed by atoms with Gasteiger partial charge >= 0.3 is 41.7 Å². The van der Waals surface area contributed by atoms with Crippen LogP contribution < -0.4 is 38.6 Å². The molecule has 1 heterocycles. The summed E-state index contributed by atoms with van der Waals surface area (Å²) in [6, 6.07) is 10.2. The van der Waals surface area contributed by atoms with E-state index in [0.717, 1.165) is 22.5 Å². The number of carboxylic acids is 1. The van der Waals surface area contributed by atoms with Crippen LogP contribution in [0.4, 0.5) is 18.9 Å². The van der Waals surface area contributed by atoms with E-state index < -0.39 is 33.8 Å². The third-order valence-corrected chi connectivity index (χ3v) is 6.68. The van der Waals surface area contributed by atoms with Crippen molar-refractivity contribution in [3.8, 4) is 5.75 Å². The van der Waals surface area contributed by atoms with E-state index in [1.165, 1.54) is 36.4 Å². The molecule has 0 spiro atoms. The van der Waals surface area contributed by atoms with E-state index in [2.05, 4.69) is 0 Å². The summed E-state index contributed by atoms with van der Waals surface area (Å²) >= 11 is 0. The van der Waals surface area contributed by atoms with Gasteiger partial charge in [-0.15, -0.1) is 0 Å². The number of sulfonamides is 1. The van der Waals surface area contributed by atoms with Gasteiger partial charge in [0.2, 0.25) is 5.09 Å². The zero-order valence-corrected chi connectivity index (χ0v) is 22.3. The Morgan fingerprint density at radius 2 is 1.74 bits per heavy atom. The Kier molecular flexibility index (Phi) is 9.10. The monoisotopic (exact) mass is 521 g/mol. The van der Waals surface area contributed by atoms with Crippen molar-refractivity contribution >= 4 is 21.7 Å². The predicted octanol–water partition coefficient (Wildman–Crippen LogP) is 2.60. The van der Waals surface area contributed by atoms with Crippen molar-refractivity contribution < 1.29 is 71.6 Å². The molecule has 0 aliphatic rings. The van der Waals surface area contributed by atoms with Gasteiger partial charge in [-0.1, -0.05) is 12.1 Å². The number of halogens is 3. The maximum atomic E-state index is 13.4. The minimum Gasteiger partial charge on any atom is -1.00 e. The fourth-order valence-electron chi connectivity index (χ4n) is 3.23. The normalized spacial score (nSPS) is 11.7. The van der Waals surface area contributed by atoms with Crippen molar-refractivity contribution in [2.75, 3.05) is 4.31 Å². The zero-order chi connectivity index (χ0) is 25.3. The molecule has 0 aliphatic carbocycles. The summed E-state index contributed by atoms with van der Waals surface area (Å²) in [7, 11) is -4.26. The van der Waals surface area contributed by atoms with Crippen LogP contribution in [0.2, 0.25) is 0 Å². The Morgan fingerprint density at radius 1 is 1.11 bits per heavy atom. The molecule has 0 aliphatic heterocycles. The molecule has 2 aromatic carbocycles. The summed E-state index contributed by atoms with van der Waals surface area (Å²) in [5.74, 6) is -1.08. The van der Waals surface area contributed by atoms with Gasteiger partial charge in [0.1, 0.15) is 18.1 Å². The molecule has 0 saturated carbocycles. The second-order valence-corrected chi connectivity index (χ2v) is 9.48. The molecule has 0 radical (unpaired) electrons. The molecule has 7 nitrogen and oxygen atoms in total. The molecule has 35 heavy (non-hydrogen) atoms. The van der Waals surface area contributed by atoms with Gasteiger partial charge in [-0.25, -0.2) is 4.79 Å². The number of aryl methyl sites for hydroxylation is 1. The minimum absolute atomic E-state index is 0. The number of alkyl halides is 3. The summed E-state index contributed by atoms with van der Waals surface area (Å²) in [5, 5.41) is 8.65. The zero-order valence-electron chi connectivity index (χ0n) is 20.5. The Bertz CT molecular complexity index is 1290. The molecule has 0 fully saturated rings. The molecule has 3 aromatic rings. The van der Waals surface area contributed by atoms with Crippen LogP contribution in [-0.2, 0) is 22.8 Å². The molecule has 1 N–H and O–H groups in total. The van der Waals surface area contributed by atoms with Crippen LogP contribution in [0.3, 0.4) is 0 Å². The van der Waals surface area contributed by atoms with E-state index in [-0.39, 0.29) is 59.7 Å². The molecule has 0 atom stereocenters. The van der Waals surface area contributed by atoms with Crippen LogP contribution in [0, 0.1) is 6.92 Å². The molecule has 0 bridgehead atoms. The summed E-state index contributed by atoms with van der Waals surface area (Å²) in [5.41, 5.74) is -0.593. The smallest absolute Gasteiger partial charge is 1.00 e. The standard InChI is InChI=1S/C23H22F3NO6S.Na.H/c1-14(2)27(34(30,31)21-11-4-15(3)33-21)19-10-9-18(23(24,25)26)12-20(19)32-13-16-5-7-17(8-6-16)22(28)29;;/h4-12,14H,13H2,1-3H3,(H,28,29);;/q;+1;-1. The molecule has 3 rings (SSSR count). The molecular formula is C23H23F3NNaO6S.